The molecule has 0 bridgehead atoms. The highest BCUT2D eigenvalue weighted by Crippen LogP contribution is 2.47. The van der Waals surface area contributed by atoms with Crippen LogP contribution in [-0.4, -0.2) is 0 Å². The minimum absolute atomic E-state index is 1.10. The van der Waals surface area contributed by atoms with Crippen LogP contribution in [0, 0.1) is 0 Å². The zero-order valence-electron chi connectivity index (χ0n) is 22.9. The van der Waals surface area contributed by atoms with E-state index in [9.17, 15) is 0 Å². The number of fused-ring (bicyclic) bond motifs is 5. The first-order chi connectivity index (χ1) is 20.8. The van der Waals surface area contributed by atoms with Gasteiger partial charge in [-0.2, -0.15) is 0 Å². The van der Waals surface area contributed by atoms with E-state index in [1.807, 2.05) is 11.3 Å². The van der Waals surface area contributed by atoms with Crippen molar-refractivity contribution in [3.8, 4) is 33.4 Å². The molecule has 0 radical (unpaired) electrons. The Labute approximate surface area is 249 Å². The maximum Gasteiger partial charge on any atom is 0.0597 e. The van der Waals surface area contributed by atoms with Crippen LogP contribution in [0.5, 0.6) is 0 Å². The molecule has 0 atom stereocenters. The van der Waals surface area contributed by atoms with E-state index >= 15 is 0 Å². The lowest BCUT2D eigenvalue weighted by Gasteiger charge is -2.16. The van der Waals surface area contributed by atoms with Crippen molar-refractivity contribution in [2.45, 2.75) is 0 Å². The summed E-state index contributed by atoms with van der Waals surface area (Å²) in [5.74, 6) is 0. The molecule has 0 fully saturated rings. The number of rotatable bonds is 5. The molecule has 0 spiro atoms. The second kappa shape index (κ2) is 10.3. The van der Waals surface area contributed by atoms with Crippen molar-refractivity contribution in [2.24, 2.45) is 0 Å². The molecule has 0 aliphatic rings. The number of benzene rings is 7. The normalized spacial score (nSPS) is 11.3. The Hall–Kier alpha value is -5.18. The molecule has 8 aromatic rings. The smallest absolute Gasteiger partial charge is 0.0597 e. The summed E-state index contributed by atoms with van der Waals surface area (Å²) >= 11 is 1.88. The third kappa shape index (κ3) is 4.25. The van der Waals surface area contributed by atoms with Gasteiger partial charge in [0.25, 0.3) is 0 Å². The van der Waals surface area contributed by atoms with E-state index in [1.54, 1.807) is 0 Å². The first-order valence-electron chi connectivity index (χ1n) is 14.3. The molecule has 2 heteroatoms. The van der Waals surface area contributed by atoms with Crippen LogP contribution < -0.4 is 5.32 Å². The van der Waals surface area contributed by atoms with Crippen LogP contribution in [0.3, 0.4) is 0 Å². The summed E-state index contributed by atoms with van der Waals surface area (Å²) in [5.41, 5.74) is 9.55. The summed E-state index contributed by atoms with van der Waals surface area (Å²) in [4.78, 5) is 0. The number of anilines is 2. The molecule has 0 amide bonds. The monoisotopic (exact) mass is 553 g/mol. The first kappa shape index (κ1) is 24.6. The van der Waals surface area contributed by atoms with Gasteiger partial charge in [-0.3, -0.25) is 0 Å². The van der Waals surface area contributed by atoms with Crippen LogP contribution in [0.4, 0.5) is 11.4 Å². The van der Waals surface area contributed by atoms with Gasteiger partial charge in [0, 0.05) is 26.7 Å². The molecule has 1 N–H and O–H groups in total. The molecule has 1 heterocycles. The van der Waals surface area contributed by atoms with E-state index in [-0.39, 0.29) is 0 Å². The molecule has 0 aliphatic carbocycles. The molecule has 0 unspecified atom stereocenters. The van der Waals surface area contributed by atoms with Crippen molar-refractivity contribution in [2.75, 3.05) is 5.32 Å². The topological polar surface area (TPSA) is 12.0 Å². The second-order valence-corrected chi connectivity index (χ2v) is 11.6. The second-order valence-electron chi connectivity index (χ2n) is 10.6. The minimum atomic E-state index is 1.10. The summed E-state index contributed by atoms with van der Waals surface area (Å²) < 4.78 is 2.60. The third-order valence-corrected chi connectivity index (χ3v) is 9.33. The molecule has 0 saturated carbocycles. The fourth-order valence-electron chi connectivity index (χ4n) is 6.05. The predicted molar refractivity (Wildman–Crippen MR) is 183 cm³/mol. The van der Waals surface area contributed by atoms with Crippen molar-refractivity contribution < 1.29 is 0 Å². The van der Waals surface area contributed by atoms with Crippen LogP contribution in [0.2, 0.25) is 0 Å². The lowest BCUT2D eigenvalue weighted by atomic mass is 9.96. The Kier molecular flexibility index (Phi) is 6.05. The van der Waals surface area contributed by atoms with Gasteiger partial charge < -0.3 is 5.32 Å². The van der Waals surface area contributed by atoms with Crippen LogP contribution >= 0.6 is 11.3 Å². The van der Waals surface area contributed by atoms with Gasteiger partial charge >= 0.3 is 0 Å². The van der Waals surface area contributed by atoms with Gasteiger partial charge in [-0.15, -0.1) is 11.3 Å². The van der Waals surface area contributed by atoms with E-state index in [1.165, 1.54) is 64.3 Å². The summed E-state index contributed by atoms with van der Waals surface area (Å²) in [6.07, 6.45) is 0. The minimum Gasteiger partial charge on any atom is -0.354 e. The number of thiophene rings is 1. The zero-order valence-corrected chi connectivity index (χ0v) is 23.7. The van der Waals surface area contributed by atoms with Crippen LogP contribution in [0.15, 0.2) is 158 Å². The Bertz CT molecular complexity index is 2200. The zero-order chi connectivity index (χ0) is 27.9. The SMILES string of the molecule is c1ccc(-c2ccc(Nc3cc4ccccc4c4c3sc3c(-c5ccccc5)cccc34)c(-c3ccccc3)c2)cc1. The molecule has 42 heavy (non-hydrogen) atoms. The average Bonchev–Trinajstić information content (AvgIpc) is 3.47. The van der Waals surface area contributed by atoms with Crippen molar-refractivity contribution in [3.05, 3.63) is 158 Å². The van der Waals surface area contributed by atoms with E-state index in [2.05, 4.69) is 163 Å². The van der Waals surface area contributed by atoms with Crippen LogP contribution in [-0.2, 0) is 0 Å². The highest BCUT2D eigenvalue weighted by atomic mass is 32.1. The number of hydrogen-bond acceptors (Lipinski definition) is 2. The van der Waals surface area contributed by atoms with Crippen molar-refractivity contribution in [1.29, 1.82) is 0 Å². The molecule has 7 aromatic carbocycles. The quantitative estimate of drug-likeness (QED) is 0.223. The molecule has 1 aromatic heterocycles. The molecular weight excluding hydrogens is 527 g/mol. The highest BCUT2D eigenvalue weighted by molar-refractivity contribution is 7.27. The van der Waals surface area contributed by atoms with Gasteiger partial charge in [-0.25, -0.2) is 0 Å². The summed E-state index contributed by atoms with van der Waals surface area (Å²) in [7, 11) is 0. The summed E-state index contributed by atoms with van der Waals surface area (Å²) in [6, 6.07) is 56.6. The Morgan fingerprint density at radius 3 is 1.74 bits per heavy atom. The molecule has 0 aliphatic heterocycles. The van der Waals surface area contributed by atoms with Gasteiger partial charge in [0.05, 0.1) is 10.4 Å². The highest BCUT2D eigenvalue weighted by Gasteiger charge is 2.17. The third-order valence-electron chi connectivity index (χ3n) is 8.06. The lowest BCUT2D eigenvalue weighted by molar-refractivity contribution is 1.55. The van der Waals surface area contributed by atoms with Gasteiger partial charge in [-0.05, 0) is 56.8 Å². The van der Waals surface area contributed by atoms with Gasteiger partial charge in [0.2, 0.25) is 0 Å². The standard InChI is InChI=1S/C40H27NS/c1-4-13-27(14-5-1)30-23-24-36(35(25-30)29-17-8-3-9-18-29)41-37-26-31-19-10-11-20-32(31)38-34-22-12-21-33(39(34)42-40(37)38)28-15-6-2-7-16-28/h1-26,41H. The average molecular weight is 554 g/mol. The van der Waals surface area contributed by atoms with E-state index < -0.39 is 0 Å². The Morgan fingerprint density at radius 2 is 1.00 bits per heavy atom. The molecule has 1 nitrogen and oxygen atoms in total. The summed E-state index contributed by atoms with van der Waals surface area (Å²) in [5, 5.41) is 9.06. The Morgan fingerprint density at radius 1 is 0.381 bits per heavy atom. The maximum absolute atomic E-state index is 3.92. The number of hydrogen-bond donors (Lipinski definition) is 1. The lowest BCUT2D eigenvalue weighted by Crippen LogP contribution is -1.95. The molecular formula is C40H27NS. The van der Waals surface area contributed by atoms with E-state index in [0.29, 0.717) is 0 Å². The largest absolute Gasteiger partial charge is 0.354 e. The molecule has 8 rings (SSSR count). The van der Waals surface area contributed by atoms with E-state index in [4.69, 9.17) is 0 Å². The van der Waals surface area contributed by atoms with Gasteiger partial charge in [0.1, 0.15) is 0 Å². The first-order valence-corrected chi connectivity index (χ1v) is 15.1. The van der Waals surface area contributed by atoms with Crippen molar-refractivity contribution in [1.82, 2.24) is 0 Å². The molecule has 0 saturated heterocycles. The molecule has 198 valence electrons. The van der Waals surface area contributed by atoms with Gasteiger partial charge in [0.15, 0.2) is 0 Å². The van der Waals surface area contributed by atoms with Crippen LogP contribution in [0.1, 0.15) is 0 Å². The summed E-state index contributed by atoms with van der Waals surface area (Å²) in [6.45, 7) is 0. The van der Waals surface area contributed by atoms with Crippen LogP contribution in [0.25, 0.3) is 64.3 Å². The van der Waals surface area contributed by atoms with Gasteiger partial charge in [-0.1, -0.05) is 140 Å². The fourth-order valence-corrected chi connectivity index (χ4v) is 7.37. The van der Waals surface area contributed by atoms with E-state index in [0.717, 1.165) is 11.4 Å². The maximum atomic E-state index is 3.92. The fraction of sp³-hybridized carbons (Fsp3) is 0. The van der Waals surface area contributed by atoms with Crippen molar-refractivity contribution in [3.63, 3.8) is 0 Å². The predicted octanol–water partition coefficient (Wildman–Crippen LogP) is 12.0. The van der Waals surface area contributed by atoms with Crippen molar-refractivity contribution >= 4 is 53.7 Å². The Balaban J connectivity index is 1.36. The number of nitrogens with one attached hydrogen (secondary N) is 1.